The number of carboxylic acids is 1. The largest absolute Gasteiger partial charge is 0.550 e. The van der Waals surface area contributed by atoms with Crippen LogP contribution in [0.5, 0.6) is 0 Å². The topological polar surface area (TPSA) is 94.0 Å². The zero-order valence-corrected chi connectivity index (χ0v) is 15.2. The van der Waals surface area contributed by atoms with Crippen LogP contribution in [-0.2, 0) is 9.59 Å². The molecule has 6 nitrogen and oxygen atoms in total. The Kier molecular flexibility index (Phi) is 6.06. The van der Waals surface area contributed by atoms with Gasteiger partial charge in [0.05, 0.1) is 11.5 Å². The van der Waals surface area contributed by atoms with E-state index < -0.39 is 11.2 Å². The van der Waals surface area contributed by atoms with Gasteiger partial charge >= 0.3 is 0 Å². The summed E-state index contributed by atoms with van der Waals surface area (Å²) in [6.45, 7) is 6.47. The van der Waals surface area contributed by atoms with Crippen molar-refractivity contribution in [3.05, 3.63) is 29.8 Å². The molecule has 1 aliphatic rings. The first kappa shape index (κ1) is 18.5. The first-order valence-electron chi connectivity index (χ1n) is 7.30. The predicted octanol–water partition coefficient (Wildman–Crippen LogP) is 1.64. The van der Waals surface area contributed by atoms with Crippen LogP contribution in [0.15, 0.2) is 39.4 Å². The highest BCUT2D eigenvalue weighted by Gasteiger charge is 2.30. The molecule has 8 heteroatoms. The lowest BCUT2D eigenvalue weighted by molar-refractivity contribution is -0.305. The van der Waals surface area contributed by atoms with E-state index >= 15 is 0 Å². The minimum absolute atomic E-state index is 0.154. The molecule has 1 heterocycles. The van der Waals surface area contributed by atoms with Crippen LogP contribution in [0.3, 0.4) is 0 Å². The molecule has 1 aromatic carbocycles. The molecule has 1 aliphatic heterocycles. The first-order chi connectivity index (χ1) is 11.2. The molecular weight excluding hydrogens is 346 g/mol. The Labute approximate surface area is 149 Å². The fourth-order valence-corrected chi connectivity index (χ4v) is 3.75. The van der Waals surface area contributed by atoms with E-state index in [1.807, 2.05) is 24.3 Å². The molecule has 1 aromatic rings. The van der Waals surface area contributed by atoms with Crippen molar-refractivity contribution in [1.29, 1.82) is 0 Å². The summed E-state index contributed by atoms with van der Waals surface area (Å²) in [5.41, 5.74) is 0.887. The summed E-state index contributed by atoms with van der Waals surface area (Å²) in [6.07, 6.45) is 1.24. The van der Waals surface area contributed by atoms with Crippen LogP contribution in [0.2, 0.25) is 0 Å². The minimum Gasteiger partial charge on any atom is -0.550 e. The molecule has 0 aromatic heterocycles. The van der Waals surface area contributed by atoms with E-state index in [-0.39, 0.29) is 17.1 Å². The number of amides is 1. The number of carbonyl (C=O) groups excluding carboxylic acids is 2. The zero-order valence-electron chi connectivity index (χ0n) is 13.6. The number of aliphatic carboxylic acids is 1. The van der Waals surface area contributed by atoms with Gasteiger partial charge in [0.25, 0.3) is 0 Å². The maximum atomic E-state index is 11.5. The molecule has 0 saturated carbocycles. The van der Waals surface area contributed by atoms with Gasteiger partial charge in [0.15, 0.2) is 5.17 Å². The lowest BCUT2D eigenvalue weighted by Crippen LogP contribution is -2.31. The van der Waals surface area contributed by atoms with Crippen molar-refractivity contribution in [2.75, 3.05) is 0 Å². The van der Waals surface area contributed by atoms with Crippen molar-refractivity contribution in [2.45, 2.75) is 42.1 Å². The van der Waals surface area contributed by atoms with E-state index in [4.69, 9.17) is 0 Å². The third-order valence-electron chi connectivity index (χ3n) is 2.79. The Bertz CT molecular complexity index is 679. The molecular formula is C16H18N3O3S2-. The number of carbonyl (C=O) groups is 2. The molecule has 24 heavy (non-hydrogen) atoms. The molecule has 1 N–H and O–H groups in total. The van der Waals surface area contributed by atoms with E-state index in [1.165, 1.54) is 4.90 Å². The fourth-order valence-electron chi connectivity index (χ4n) is 1.86. The van der Waals surface area contributed by atoms with Crippen molar-refractivity contribution < 1.29 is 14.7 Å². The van der Waals surface area contributed by atoms with Crippen molar-refractivity contribution in [1.82, 2.24) is 5.32 Å². The van der Waals surface area contributed by atoms with E-state index in [9.17, 15) is 14.7 Å². The molecule has 0 radical (unpaired) electrons. The second-order valence-electron chi connectivity index (χ2n) is 6.11. The monoisotopic (exact) mass is 364 g/mol. The van der Waals surface area contributed by atoms with Gasteiger partial charge in [0.2, 0.25) is 5.91 Å². The summed E-state index contributed by atoms with van der Waals surface area (Å²) in [6, 6.07) is 7.92. The summed E-state index contributed by atoms with van der Waals surface area (Å²) in [5.74, 6) is -1.65. The first-order valence-corrected chi connectivity index (χ1v) is 9.00. The van der Waals surface area contributed by atoms with E-state index in [0.29, 0.717) is 5.17 Å². The number of amidine groups is 1. The number of carboxylic acid groups (broad SMARTS) is 1. The number of hydrogen-bond acceptors (Lipinski definition) is 7. The number of nitrogens with zero attached hydrogens (tertiary/aromatic N) is 2. The van der Waals surface area contributed by atoms with E-state index in [1.54, 1.807) is 18.0 Å². The minimum atomic E-state index is -1.26. The Hall–Kier alpha value is -1.80. The summed E-state index contributed by atoms with van der Waals surface area (Å²) >= 11 is 2.83. The van der Waals surface area contributed by atoms with Gasteiger partial charge in [-0.15, -0.1) is 16.9 Å². The Balaban J connectivity index is 1.94. The van der Waals surface area contributed by atoms with Crippen LogP contribution >= 0.6 is 23.5 Å². The molecule has 128 valence electrons. The number of benzene rings is 1. The third kappa shape index (κ3) is 6.01. The third-order valence-corrected chi connectivity index (χ3v) is 4.98. The van der Waals surface area contributed by atoms with Gasteiger partial charge in [-0.2, -0.15) is 5.10 Å². The molecule has 1 saturated heterocycles. The van der Waals surface area contributed by atoms with Gasteiger partial charge < -0.3 is 15.2 Å². The Morgan fingerprint density at radius 1 is 1.38 bits per heavy atom. The summed E-state index contributed by atoms with van der Waals surface area (Å²) in [7, 11) is 0. The van der Waals surface area contributed by atoms with Gasteiger partial charge in [0.1, 0.15) is 0 Å². The van der Waals surface area contributed by atoms with Crippen LogP contribution in [0, 0.1) is 0 Å². The van der Waals surface area contributed by atoms with Gasteiger partial charge in [-0.25, -0.2) is 0 Å². The van der Waals surface area contributed by atoms with Crippen LogP contribution in [0.25, 0.3) is 0 Å². The molecule has 2 rings (SSSR count). The second kappa shape index (κ2) is 7.85. The molecule has 0 bridgehead atoms. The van der Waals surface area contributed by atoms with Crippen LogP contribution < -0.4 is 10.4 Å². The van der Waals surface area contributed by atoms with Crippen molar-refractivity contribution >= 4 is 46.8 Å². The number of thioether (sulfide) groups is 2. The average Bonchev–Trinajstić information content (AvgIpc) is 2.79. The molecule has 0 aliphatic carbocycles. The van der Waals surface area contributed by atoms with Crippen molar-refractivity contribution in [2.24, 2.45) is 10.2 Å². The second-order valence-corrected chi connectivity index (χ2v) is 9.20. The maximum absolute atomic E-state index is 11.5. The molecule has 1 unspecified atom stereocenters. The van der Waals surface area contributed by atoms with Crippen LogP contribution in [0.4, 0.5) is 0 Å². The molecule has 1 amide bonds. The summed E-state index contributed by atoms with van der Waals surface area (Å²) in [5, 5.41) is 20.5. The number of nitrogens with one attached hydrogen (secondary N) is 1. The average molecular weight is 364 g/mol. The van der Waals surface area contributed by atoms with Gasteiger partial charge in [0, 0.05) is 22.0 Å². The molecule has 1 fully saturated rings. The number of rotatable bonds is 5. The van der Waals surface area contributed by atoms with Crippen LogP contribution in [-0.4, -0.2) is 33.3 Å². The summed E-state index contributed by atoms with van der Waals surface area (Å²) < 4.78 is 0.154. The number of hydrogen-bond donors (Lipinski definition) is 1. The Morgan fingerprint density at radius 2 is 2.04 bits per heavy atom. The zero-order chi connectivity index (χ0) is 17.7. The lowest BCUT2D eigenvalue weighted by atomic mass is 10.2. The lowest BCUT2D eigenvalue weighted by Gasteiger charge is -2.17. The molecule has 1 atom stereocenters. The van der Waals surface area contributed by atoms with E-state index in [0.717, 1.165) is 17.3 Å². The van der Waals surface area contributed by atoms with Crippen molar-refractivity contribution in [3.63, 3.8) is 0 Å². The van der Waals surface area contributed by atoms with Gasteiger partial charge in [-0.3, -0.25) is 4.79 Å². The highest BCUT2D eigenvalue weighted by molar-refractivity contribution is 8.15. The van der Waals surface area contributed by atoms with Crippen LogP contribution in [0.1, 0.15) is 32.8 Å². The van der Waals surface area contributed by atoms with Crippen molar-refractivity contribution in [3.8, 4) is 0 Å². The highest BCUT2D eigenvalue weighted by Crippen LogP contribution is 2.31. The molecule has 0 spiro atoms. The quantitative estimate of drug-likeness (QED) is 0.487. The maximum Gasteiger partial charge on any atom is 0.239 e. The summed E-state index contributed by atoms with van der Waals surface area (Å²) in [4.78, 5) is 23.3. The SMILES string of the molecule is CC(C)(C)Sc1ccc(/C=N/N=C2\NC(=O)C(CC(=O)[O-])S2)cc1. The van der Waals surface area contributed by atoms with Gasteiger partial charge in [-0.1, -0.05) is 44.7 Å². The predicted molar refractivity (Wildman–Crippen MR) is 96.2 cm³/mol. The normalized spacial score (nSPS) is 19.9. The fraction of sp³-hybridized carbons (Fsp3) is 0.375. The van der Waals surface area contributed by atoms with Gasteiger partial charge in [-0.05, 0) is 17.7 Å². The smallest absolute Gasteiger partial charge is 0.239 e. The van der Waals surface area contributed by atoms with E-state index in [2.05, 4.69) is 36.3 Å². The Morgan fingerprint density at radius 3 is 2.62 bits per heavy atom. The highest BCUT2D eigenvalue weighted by atomic mass is 32.2. The standard InChI is InChI=1S/C16H19N3O3S2/c1-16(2,3)24-11-6-4-10(5-7-11)9-17-19-15-18-14(22)12(23-15)8-13(20)21/h4-7,9,12H,8H2,1-3H3,(H,20,21)(H,18,19,22)/p-1/b17-9+.